The number of rotatable bonds is 2. The molecule has 0 aliphatic heterocycles. The van der Waals surface area contributed by atoms with E-state index in [4.69, 9.17) is 23.3 Å². The van der Waals surface area contributed by atoms with Crippen molar-refractivity contribution in [3.05, 3.63) is 45.8 Å². The van der Waals surface area contributed by atoms with E-state index < -0.39 is 11.5 Å². The Bertz CT molecular complexity index is 446. The molecule has 0 spiro atoms. The molecule has 0 bridgehead atoms. The Morgan fingerprint density at radius 1 is 1.47 bits per heavy atom. The Hall–Kier alpha value is -1.53. The van der Waals surface area contributed by atoms with Crippen molar-refractivity contribution in [2.75, 3.05) is 0 Å². The molecule has 0 aliphatic carbocycles. The topological polar surface area (TPSA) is 41.7 Å². The third-order valence-electron chi connectivity index (χ3n) is 2.13. The van der Waals surface area contributed by atoms with E-state index in [2.05, 4.69) is 4.85 Å². The molecule has 0 radical (unpaired) electrons. The van der Waals surface area contributed by atoms with Crippen LogP contribution in [-0.2, 0) is 5.54 Å². The summed E-state index contributed by atoms with van der Waals surface area (Å²) in [6, 6.07) is 4.46. The number of aromatic carboxylic acids is 1. The summed E-state index contributed by atoms with van der Waals surface area (Å²) in [6.07, 6.45) is 0. The van der Waals surface area contributed by atoms with Crippen molar-refractivity contribution >= 4 is 17.6 Å². The number of carboxylic acids is 1. The lowest BCUT2D eigenvalue weighted by molar-refractivity contribution is 0.0696. The smallest absolute Gasteiger partial charge is 0.335 e. The van der Waals surface area contributed by atoms with E-state index in [0.717, 1.165) is 0 Å². The van der Waals surface area contributed by atoms with E-state index in [1.54, 1.807) is 19.9 Å². The molecule has 0 atom stereocenters. The van der Waals surface area contributed by atoms with E-state index >= 15 is 0 Å². The van der Waals surface area contributed by atoms with Gasteiger partial charge in [-0.2, -0.15) is 0 Å². The molecule has 1 aromatic carbocycles. The van der Waals surface area contributed by atoms with Crippen LogP contribution in [0.15, 0.2) is 18.2 Å². The number of halogens is 1. The minimum atomic E-state index is -1.04. The fourth-order valence-electron chi connectivity index (χ4n) is 1.13. The van der Waals surface area contributed by atoms with Crippen LogP contribution in [0.4, 0.5) is 0 Å². The summed E-state index contributed by atoms with van der Waals surface area (Å²) in [7, 11) is 0. The highest BCUT2D eigenvalue weighted by molar-refractivity contribution is 6.31. The Kier molecular flexibility index (Phi) is 3.01. The summed E-state index contributed by atoms with van der Waals surface area (Å²) in [5.41, 5.74) is -0.0358. The van der Waals surface area contributed by atoms with Gasteiger partial charge in [-0.15, -0.1) is 0 Å². The van der Waals surface area contributed by atoms with Crippen LogP contribution in [0.2, 0.25) is 5.02 Å². The molecule has 0 aliphatic rings. The zero-order chi connectivity index (χ0) is 11.6. The summed E-state index contributed by atoms with van der Waals surface area (Å²) >= 11 is 5.79. The van der Waals surface area contributed by atoms with Gasteiger partial charge in [-0.1, -0.05) is 11.6 Å². The first-order valence-electron chi connectivity index (χ1n) is 4.30. The van der Waals surface area contributed by atoms with Crippen LogP contribution in [0.5, 0.6) is 0 Å². The van der Waals surface area contributed by atoms with E-state index in [9.17, 15) is 4.79 Å². The van der Waals surface area contributed by atoms with Crippen molar-refractivity contribution < 1.29 is 9.90 Å². The maximum Gasteiger partial charge on any atom is 0.335 e. The molecule has 78 valence electrons. The molecule has 0 saturated carbocycles. The standard InChI is InChI=1S/C11H10ClNO2/c1-11(2,13-3)8-4-7(10(14)15)5-9(12)6-8/h4-6H,1-2H3,(H,14,15). The number of benzene rings is 1. The van der Waals surface area contributed by atoms with Crippen LogP contribution < -0.4 is 0 Å². The molecule has 0 saturated heterocycles. The third-order valence-corrected chi connectivity index (χ3v) is 2.35. The zero-order valence-corrected chi connectivity index (χ0v) is 9.17. The van der Waals surface area contributed by atoms with Crippen LogP contribution in [0.1, 0.15) is 29.8 Å². The van der Waals surface area contributed by atoms with Crippen molar-refractivity contribution in [2.45, 2.75) is 19.4 Å². The predicted octanol–water partition coefficient (Wildman–Crippen LogP) is 3.19. The molecule has 0 unspecified atom stereocenters. The van der Waals surface area contributed by atoms with E-state index in [-0.39, 0.29) is 5.56 Å². The van der Waals surface area contributed by atoms with E-state index in [1.165, 1.54) is 12.1 Å². The van der Waals surface area contributed by atoms with Crippen LogP contribution in [-0.4, -0.2) is 11.1 Å². The highest BCUT2D eigenvalue weighted by atomic mass is 35.5. The lowest BCUT2D eigenvalue weighted by Crippen LogP contribution is -2.12. The van der Waals surface area contributed by atoms with Gasteiger partial charge < -0.3 is 9.95 Å². The van der Waals surface area contributed by atoms with E-state index in [1.807, 2.05) is 0 Å². The lowest BCUT2D eigenvalue weighted by atomic mass is 9.94. The largest absolute Gasteiger partial charge is 0.478 e. The zero-order valence-electron chi connectivity index (χ0n) is 8.41. The van der Waals surface area contributed by atoms with E-state index in [0.29, 0.717) is 10.6 Å². The molecule has 4 heteroatoms. The summed E-state index contributed by atoms with van der Waals surface area (Å²) in [4.78, 5) is 14.2. The Labute approximate surface area is 93.1 Å². The molecule has 1 rings (SSSR count). The number of carboxylic acid groups (broad SMARTS) is 1. The third kappa shape index (κ3) is 2.48. The second kappa shape index (κ2) is 3.92. The fourth-order valence-corrected chi connectivity index (χ4v) is 1.37. The van der Waals surface area contributed by atoms with Gasteiger partial charge in [-0.25, -0.2) is 11.4 Å². The van der Waals surface area contributed by atoms with Crippen molar-refractivity contribution in [1.29, 1.82) is 0 Å². The van der Waals surface area contributed by atoms with Gasteiger partial charge in [0.25, 0.3) is 5.54 Å². The van der Waals surface area contributed by atoms with Crippen LogP contribution in [0.25, 0.3) is 4.85 Å². The molecular weight excluding hydrogens is 214 g/mol. The molecular formula is C11H10ClNO2. The lowest BCUT2D eigenvalue weighted by Gasteiger charge is -2.12. The first-order chi connectivity index (χ1) is 6.86. The van der Waals surface area contributed by atoms with Crippen molar-refractivity contribution in [3.8, 4) is 0 Å². The SMILES string of the molecule is [C-]#[N+]C(C)(C)c1cc(Cl)cc(C(=O)O)c1. The molecule has 3 nitrogen and oxygen atoms in total. The average Bonchev–Trinajstić information content (AvgIpc) is 2.16. The van der Waals surface area contributed by atoms with Crippen LogP contribution in [0.3, 0.4) is 0 Å². The number of carbonyl (C=O) groups is 1. The molecule has 1 N–H and O–H groups in total. The summed E-state index contributed by atoms with van der Waals surface area (Å²) in [5.74, 6) is -1.04. The van der Waals surface area contributed by atoms with Gasteiger partial charge in [0.05, 0.1) is 5.56 Å². The first-order valence-corrected chi connectivity index (χ1v) is 4.67. The molecule has 0 fully saturated rings. The fraction of sp³-hybridized carbons (Fsp3) is 0.273. The van der Waals surface area contributed by atoms with Gasteiger partial charge in [0.15, 0.2) is 0 Å². The minimum absolute atomic E-state index is 0.106. The molecule has 0 aromatic heterocycles. The normalized spacial score (nSPS) is 10.8. The monoisotopic (exact) mass is 223 g/mol. The van der Waals surface area contributed by atoms with Crippen molar-refractivity contribution in [1.82, 2.24) is 0 Å². The number of hydrogen-bond donors (Lipinski definition) is 1. The van der Waals surface area contributed by atoms with Gasteiger partial charge in [0.1, 0.15) is 0 Å². The maximum absolute atomic E-state index is 10.8. The molecule has 15 heavy (non-hydrogen) atoms. The minimum Gasteiger partial charge on any atom is -0.478 e. The number of nitrogens with zero attached hydrogens (tertiary/aromatic N) is 1. The number of hydrogen-bond acceptors (Lipinski definition) is 1. The Morgan fingerprint density at radius 3 is 2.53 bits per heavy atom. The van der Waals surface area contributed by atoms with Crippen LogP contribution >= 0.6 is 11.6 Å². The quantitative estimate of drug-likeness (QED) is 0.783. The Balaban J connectivity index is 3.34. The second-order valence-electron chi connectivity index (χ2n) is 3.70. The summed E-state index contributed by atoms with van der Waals surface area (Å²) in [5, 5.41) is 9.17. The molecule has 1 aromatic rings. The van der Waals surface area contributed by atoms with Gasteiger partial charge in [0.2, 0.25) is 0 Å². The molecule has 0 heterocycles. The van der Waals surface area contributed by atoms with Crippen LogP contribution in [0, 0.1) is 6.57 Å². The Morgan fingerprint density at radius 2 is 2.07 bits per heavy atom. The maximum atomic E-state index is 10.8. The first kappa shape index (κ1) is 11.5. The summed E-state index contributed by atoms with van der Waals surface area (Å²) in [6.45, 7) is 10.5. The van der Waals surface area contributed by atoms with Gasteiger partial charge in [-0.05, 0) is 18.2 Å². The van der Waals surface area contributed by atoms with Gasteiger partial charge >= 0.3 is 5.97 Å². The highest BCUT2D eigenvalue weighted by Crippen LogP contribution is 2.28. The predicted molar refractivity (Wildman–Crippen MR) is 58.0 cm³/mol. The highest BCUT2D eigenvalue weighted by Gasteiger charge is 2.27. The van der Waals surface area contributed by atoms with Crippen molar-refractivity contribution in [2.24, 2.45) is 0 Å². The summed E-state index contributed by atoms with van der Waals surface area (Å²) < 4.78 is 0. The molecule has 0 amide bonds. The average molecular weight is 224 g/mol. The second-order valence-corrected chi connectivity index (χ2v) is 4.14. The van der Waals surface area contributed by atoms with Gasteiger partial charge in [0, 0.05) is 24.4 Å². The van der Waals surface area contributed by atoms with Crippen molar-refractivity contribution in [3.63, 3.8) is 0 Å². The van der Waals surface area contributed by atoms with Gasteiger partial charge in [-0.3, -0.25) is 0 Å².